The van der Waals surface area contributed by atoms with Gasteiger partial charge >= 0.3 is 0 Å². The number of thiophene rings is 1. The van der Waals surface area contributed by atoms with Crippen LogP contribution in [0.4, 0.5) is 5.69 Å². The van der Waals surface area contributed by atoms with E-state index in [2.05, 4.69) is 10.3 Å². The first kappa shape index (κ1) is 19.8. The number of amides is 2. The molecule has 2 heterocycles. The molecule has 1 aromatic carbocycles. The highest BCUT2D eigenvalue weighted by molar-refractivity contribution is 7.20. The molecule has 0 fully saturated rings. The molecule has 1 unspecified atom stereocenters. The molecule has 0 saturated heterocycles. The number of carbonyl (C=O) groups is 2. The van der Waals surface area contributed by atoms with Gasteiger partial charge in [-0.2, -0.15) is 0 Å². The molecule has 2 aromatic heterocycles. The van der Waals surface area contributed by atoms with Gasteiger partial charge in [0.1, 0.15) is 16.7 Å². The lowest BCUT2D eigenvalue weighted by molar-refractivity contribution is -0.120. The number of aryl methyl sites for hydroxylation is 1. The largest absolute Gasteiger partial charge is 0.368 e. The van der Waals surface area contributed by atoms with Crippen LogP contribution < -0.4 is 16.6 Å². The van der Waals surface area contributed by atoms with Crippen molar-refractivity contribution in [2.24, 2.45) is 5.73 Å². The fourth-order valence-corrected chi connectivity index (χ4v) is 4.12. The number of nitrogens with one attached hydrogen (secondary N) is 1. The first-order valence-corrected chi connectivity index (χ1v) is 9.75. The van der Waals surface area contributed by atoms with E-state index >= 15 is 0 Å². The molecule has 3 N–H and O–H groups in total. The lowest BCUT2D eigenvalue weighted by Crippen LogP contribution is -2.35. The average molecular weight is 398 g/mol. The summed E-state index contributed by atoms with van der Waals surface area (Å²) in [5, 5.41) is 3.18. The zero-order valence-electron chi connectivity index (χ0n) is 16.1. The lowest BCUT2D eigenvalue weighted by Gasteiger charge is -2.18. The minimum atomic E-state index is -0.831. The van der Waals surface area contributed by atoms with Crippen molar-refractivity contribution >= 4 is 39.1 Å². The van der Waals surface area contributed by atoms with E-state index in [0.717, 1.165) is 0 Å². The van der Waals surface area contributed by atoms with Gasteiger partial charge in [-0.1, -0.05) is 32.0 Å². The second-order valence-electron chi connectivity index (χ2n) is 6.93. The van der Waals surface area contributed by atoms with Gasteiger partial charge in [-0.25, -0.2) is 4.98 Å². The number of benzene rings is 1. The topological polar surface area (TPSA) is 107 Å². The van der Waals surface area contributed by atoms with Crippen molar-refractivity contribution in [2.45, 2.75) is 39.7 Å². The second kappa shape index (κ2) is 7.55. The number of anilines is 1. The number of aromatic nitrogens is 2. The molecule has 146 valence electrons. The fraction of sp³-hybridized carbons (Fsp3) is 0.300. The molecule has 2 amide bonds. The molecule has 7 nitrogen and oxygen atoms in total. The van der Waals surface area contributed by atoms with Gasteiger partial charge in [0.15, 0.2) is 0 Å². The van der Waals surface area contributed by atoms with Gasteiger partial charge in [0.25, 0.3) is 11.5 Å². The zero-order valence-corrected chi connectivity index (χ0v) is 17.0. The number of hydrogen-bond donors (Lipinski definition) is 2. The van der Waals surface area contributed by atoms with Crippen LogP contribution in [0, 0.1) is 6.92 Å². The van der Waals surface area contributed by atoms with Crippen molar-refractivity contribution in [3.63, 3.8) is 0 Å². The van der Waals surface area contributed by atoms with Crippen molar-refractivity contribution < 1.29 is 9.59 Å². The summed E-state index contributed by atoms with van der Waals surface area (Å²) < 4.78 is 1.34. The molecule has 0 aliphatic heterocycles. The normalized spacial score (nSPS) is 12.3. The Bertz CT molecular complexity index is 1120. The highest BCUT2D eigenvalue weighted by atomic mass is 32.1. The van der Waals surface area contributed by atoms with E-state index in [1.54, 1.807) is 26.0 Å². The highest BCUT2D eigenvalue weighted by Gasteiger charge is 2.26. The van der Waals surface area contributed by atoms with Crippen LogP contribution in [0.3, 0.4) is 0 Å². The molecule has 3 aromatic rings. The molecule has 0 aliphatic rings. The van der Waals surface area contributed by atoms with Crippen LogP contribution in [0.2, 0.25) is 0 Å². The van der Waals surface area contributed by atoms with Crippen LogP contribution in [0.15, 0.2) is 35.1 Å². The summed E-state index contributed by atoms with van der Waals surface area (Å²) in [7, 11) is 0. The average Bonchev–Trinajstić information content (AvgIpc) is 2.98. The molecule has 0 radical (unpaired) electrons. The van der Waals surface area contributed by atoms with E-state index in [1.165, 1.54) is 15.9 Å². The Morgan fingerprint density at radius 2 is 1.82 bits per heavy atom. The number of primary amides is 1. The third-order valence-corrected chi connectivity index (χ3v) is 5.76. The summed E-state index contributed by atoms with van der Waals surface area (Å²) in [4.78, 5) is 43.2. The van der Waals surface area contributed by atoms with E-state index in [9.17, 15) is 14.4 Å². The van der Waals surface area contributed by atoms with Crippen molar-refractivity contribution in [1.29, 1.82) is 0 Å². The number of nitrogens with two attached hydrogens (primary N) is 1. The second-order valence-corrected chi connectivity index (χ2v) is 7.93. The van der Waals surface area contributed by atoms with Gasteiger partial charge in [0.05, 0.1) is 10.3 Å². The smallest absolute Gasteiger partial charge is 0.266 e. The van der Waals surface area contributed by atoms with Crippen molar-refractivity contribution in [3.8, 4) is 0 Å². The summed E-state index contributed by atoms with van der Waals surface area (Å²) in [6.07, 6.45) is 0. The number of carbonyl (C=O) groups excluding carboxylic acids is 2. The minimum Gasteiger partial charge on any atom is -0.368 e. The van der Waals surface area contributed by atoms with E-state index < -0.39 is 11.9 Å². The third kappa shape index (κ3) is 3.43. The summed E-state index contributed by atoms with van der Waals surface area (Å²) in [6, 6.07) is 8.26. The van der Waals surface area contributed by atoms with Crippen LogP contribution in [-0.2, 0) is 4.79 Å². The number of rotatable bonds is 5. The van der Waals surface area contributed by atoms with E-state index in [0.29, 0.717) is 32.2 Å². The number of fused-ring (bicyclic) bond motifs is 1. The van der Waals surface area contributed by atoms with Crippen LogP contribution in [0.1, 0.15) is 53.8 Å². The van der Waals surface area contributed by atoms with Crippen molar-refractivity contribution in [2.75, 3.05) is 5.32 Å². The molecular weight excluding hydrogens is 376 g/mol. The Morgan fingerprint density at radius 3 is 2.39 bits per heavy atom. The summed E-state index contributed by atoms with van der Waals surface area (Å²) >= 11 is 1.17. The van der Waals surface area contributed by atoms with Crippen LogP contribution >= 0.6 is 11.3 Å². The quantitative estimate of drug-likeness (QED) is 0.688. The lowest BCUT2D eigenvalue weighted by atomic mass is 10.1. The van der Waals surface area contributed by atoms with Gasteiger partial charge < -0.3 is 11.1 Å². The van der Waals surface area contributed by atoms with E-state index in [4.69, 9.17) is 5.73 Å². The molecule has 8 heteroatoms. The molecule has 3 rings (SSSR count). The first-order valence-electron chi connectivity index (χ1n) is 8.93. The van der Waals surface area contributed by atoms with Gasteiger partial charge in [0, 0.05) is 11.6 Å². The predicted octanol–water partition coefficient (Wildman–Crippen LogP) is 3.19. The predicted molar refractivity (Wildman–Crippen MR) is 111 cm³/mol. The fourth-order valence-electron chi connectivity index (χ4n) is 3.05. The maximum atomic E-state index is 13.2. The van der Waals surface area contributed by atoms with Crippen molar-refractivity contribution in [1.82, 2.24) is 9.55 Å². The molecule has 0 bridgehead atoms. The Morgan fingerprint density at radius 1 is 1.18 bits per heavy atom. The summed E-state index contributed by atoms with van der Waals surface area (Å²) in [5.74, 6) is -0.533. The van der Waals surface area contributed by atoms with Crippen molar-refractivity contribution in [3.05, 3.63) is 57.0 Å². The Kier molecular flexibility index (Phi) is 5.33. The molecule has 0 saturated carbocycles. The summed E-state index contributed by atoms with van der Waals surface area (Å²) in [6.45, 7) is 7.08. The molecule has 0 spiro atoms. The molecule has 0 aliphatic carbocycles. The monoisotopic (exact) mass is 398 g/mol. The summed E-state index contributed by atoms with van der Waals surface area (Å²) in [5.41, 5.74) is 6.30. The maximum Gasteiger partial charge on any atom is 0.266 e. The molecule has 1 atom stereocenters. The Balaban J connectivity index is 2.18. The highest BCUT2D eigenvalue weighted by Crippen LogP contribution is 2.30. The third-order valence-electron chi connectivity index (χ3n) is 4.58. The van der Waals surface area contributed by atoms with Gasteiger partial charge in [0.2, 0.25) is 5.91 Å². The number of hydrogen-bond acceptors (Lipinski definition) is 5. The maximum absolute atomic E-state index is 13.2. The molecular formula is C20H22N4O3S. The van der Waals surface area contributed by atoms with E-state index in [-0.39, 0.29) is 17.4 Å². The SMILES string of the molecule is Cc1c(C(=O)Nc2ccccc2)sc2nc(C(C)C)n(C(C)C(N)=O)c(=O)c12. The van der Waals surface area contributed by atoms with Crippen LogP contribution in [0.5, 0.6) is 0 Å². The Labute approximate surface area is 166 Å². The molecule has 28 heavy (non-hydrogen) atoms. The zero-order chi connectivity index (χ0) is 20.6. The standard InChI is InChI=1S/C20H22N4O3S/c1-10(2)17-23-19-14(20(27)24(17)12(4)16(21)25)11(3)15(28-19)18(26)22-13-8-6-5-7-9-13/h5-10,12H,1-4H3,(H2,21,25)(H,22,26). The number of para-hydroxylation sites is 1. The van der Waals surface area contributed by atoms with E-state index in [1.807, 2.05) is 32.0 Å². The van der Waals surface area contributed by atoms with Gasteiger partial charge in [-0.3, -0.25) is 19.0 Å². The van der Waals surface area contributed by atoms with Gasteiger partial charge in [-0.05, 0) is 31.5 Å². The first-order chi connectivity index (χ1) is 13.2. The van der Waals surface area contributed by atoms with Crippen LogP contribution in [-0.4, -0.2) is 21.4 Å². The van der Waals surface area contributed by atoms with Crippen LogP contribution in [0.25, 0.3) is 10.2 Å². The van der Waals surface area contributed by atoms with Gasteiger partial charge in [-0.15, -0.1) is 11.3 Å². The number of nitrogens with zero attached hydrogens (tertiary/aromatic N) is 2. The minimum absolute atomic E-state index is 0.0945. The Hall–Kier alpha value is -3.00.